The fourth-order valence-electron chi connectivity index (χ4n) is 3.90. The van der Waals surface area contributed by atoms with E-state index in [1.165, 1.54) is 0 Å². The first kappa shape index (κ1) is 29.5. The molecule has 0 aliphatic carbocycles. The SMILES string of the molecule is Cc1ccc(OP(=S)(OC[C@@]2(C(F)F)O[C@@H](N3C=C(Cl)C(=O)CC3=O)[C@H](O)[C@@H]2O)Oc2ccc(C)cc2)cc1. The van der Waals surface area contributed by atoms with Crippen LogP contribution in [0.3, 0.4) is 0 Å². The molecule has 1 fully saturated rings. The van der Waals surface area contributed by atoms with Gasteiger partial charge in [0.05, 0.1) is 13.0 Å². The second-order valence-electron chi connectivity index (χ2n) is 9.11. The molecule has 2 aromatic rings. The van der Waals surface area contributed by atoms with Gasteiger partial charge in [0.1, 0.15) is 28.7 Å². The fourth-order valence-corrected chi connectivity index (χ4v) is 6.00. The Morgan fingerprint density at radius 1 is 1.08 bits per heavy atom. The molecule has 0 spiro atoms. The summed E-state index contributed by atoms with van der Waals surface area (Å²) in [5.41, 5.74) is -0.986. The van der Waals surface area contributed by atoms with Crippen LogP contribution in [0.15, 0.2) is 59.8 Å². The van der Waals surface area contributed by atoms with Crippen LogP contribution in [-0.2, 0) is 30.7 Å². The third kappa shape index (κ3) is 6.33. The third-order valence-electron chi connectivity index (χ3n) is 6.14. The van der Waals surface area contributed by atoms with Crippen LogP contribution < -0.4 is 9.05 Å². The number of amides is 1. The fraction of sp³-hybridized carbons (Fsp3) is 0.360. The molecule has 4 rings (SSSR count). The lowest BCUT2D eigenvalue weighted by Gasteiger charge is -2.34. The molecular weight excluding hydrogens is 579 g/mol. The molecule has 0 unspecified atom stereocenters. The summed E-state index contributed by atoms with van der Waals surface area (Å²) in [6.45, 7) is -1.25. The Hall–Kier alpha value is -2.44. The van der Waals surface area contributed by atoms with Crippen LogP contribution in [0.2, 0.25) is 0 Å². The number of hydrogen-bond acceptors (Lipinski definition) is 9. The van der Waals surface area contributed by atoms with E-state index in [9.17, 15) is 28.6 Å². The van der Waals surface area contributed by atoms with Crippen molar-refractivity contribution in [2.24, 2.45) is 0 Å². The number of carbonyl (C=O) groups excluding carboxylic acids is 2. The van der Waals surface area contributed by atoms with Crippen LogP contribution in [0.1, 0.15) is 17.5 Å². The Morgan fingerprint density at radius 3 is 2.08 bits per heavy atom. The highest BCUT2D eigenvalue weighted by atomic mass is 35.5. The summed E-state index contributed by atoms with van der Waals surface area (Å²) in [7, 11) is 0. The minimum atomic E-state index is -3.89. The molecule has 2 N–H and O–H groups in total. The van der Waals surface area contributed by atoms with E-state index >= 15 is 0 Å². The maximum atomic E-state index is 14.5. The Morgan fingerprint density at radius 2 is 1.59 bits per heavy atom. The first-order chi connectivity index (χ1) is 18.3. The lowest BCUT2D eigenvalue weighted by Crippen LogP contribution is -2.52. The van der Waals surface area contributed by atoms with E-state index in [1.54, 1.807) is 48.5 Å². The molecule has 0 saturated carbocycles. The summed E-state index contributed by atoms with van der Waals surface area (Å²) in [6.07, 6.45) is -9.25. The second-order valence-corrected chi connectivity index (χ2v) is 12.4. The highest BCUT2D eigenvalue weighted by Gasteiger charge is 2.62. The zero-order valence-electron chi connectivity index (χ0n) is 20.7. The zero-order chi connectivity index (χ0) is 28.5. The van der Waals surface area contributed by atoms with E-state index in [-0.39, 0.29) is 16.5 Å². The molecular formula is C25H25ClF2NO8PS. The van der Waals surface area contributed by atoms with Crippen LogP contribution in [0.25, 0.3) is 0 Å². The van der Waals surface area contributed by atoms with Crippen molar-refractivity contribution in [1.82, 2.24) is 4.90 Å². The van der Waals surface area contributed by atoms with Gasteiger partial charge in [0, 0.05) is 18.0 Å². The first-order valence-electron chi connectivity index (χ1n) is 11.6. The van der Waals surface area contributed by atoms with E-state index in [1.807, 2.05) is 13.8 Å². The highest BCUT2D eigenvalue weighted by Crippen LogP contribution is 2.52. The van der Waals surface area contributed by atoms with Gasteiger partial charge in [-0.3, -0.25) is 19.0 Å². The summed E-state index contributed by atoms with van der Waals surface area (Å²) in [5.74, 6) is -1.05. The largest absolute Gasteiger partial charge is 0.435 e. The van der Waals surface area contributed by atoms with E-state index in [4.69, 9.17) is 41.7 Å². The van der Waals surface area contributed by atoms with Crippen LogP contribution in [0.4, 0.5) is 8.78 Å². The van der Waals surface area contributed by atoms with Gasteiger partial charge in [-0.15, -0.1) is 0 Å². The van der Waals surface area contributed by atoms with Gasteiger partial charge in [-0.1, -0.05) is 47.0 Å². The molecule has 2 aliphatic rings. The second kappa shape index (κ2) is 11.6. The standard InChI is InChI=1S/C25H25ClF2NO8PS/c1-14-3-7-16(8-4-14)36-38(39,37-17-9-5-15(2)6-10-17)34-13-25(24(27)28)22(33)21(32)23(35-25)29-12-18(26)19(30)11-20(29)31/h3-10,12,21-24,32-33H,11,13H2,1-2H3/t21-,22+,23-,25-/m1/s1. The maximum Gasteiger partial charge on any atom is 0.435 e. The van der Waals surface area contributed by atoms with Gasteiger partial charge >= 0.3 is 6.72 Å². The predicted molar refractivity (Wildman–Crippen MR) is 140 cm³/mol. The topological polar surface area (TPSA) is 115 Å². The molecule has 0 aromatic heterocycles. The van der Waals surface area contributed by atoms with E-state index < -0.39 is 61.9 Å². The van der Waals surface area contributed by atoms with Crippen LogP contribution in [0, 0.1) is 13.8 Å². The lowest BCUT2D eigenvalue weighted by molar-refractivity contribution is -0.199. The van der Waals surface area contributed by atoms with Crippen molar-refractivity contribution in [2.45, 2.75) is 50.7 Å². The number of hydrogen-bond donors (Lipinski definition) is 2. The number of alkyl halides is 2. The maximum absolute atomic E-state index is 14.5. The van der Waals surface area contributed by atoms with Crippen molar-refractivity contribution in [3.05, 3.63) is 70.9 Å². The molecule has 39 heavy (non-hydrogen) atoms. The van der Waals surface area contributed by atoms with Gasteiger partial charge in [-0.2, -0.15) is 0 Å². The number of ketones is 1. The van der Waals surface area contributed by atoms with E-state index in [2.05, 4.69) is 0 Å². The summed E-state index contributed by atoms with van der Waals surface area (Å²) < 4.78 is 51.8. The van der Waals surface area contributed by atoms with Crippen molar-refractivity contribution < 1.29 is 46.9 Å². The third-order valence-corrected chi connectivity index (χ3v) is 8.53. The normalized spacial score (nSPS) is 25.7. The van der Waals surface area contributed by atoms with Crippen molar-refractivity contribution >= 4 is 41.8 Å². The smallest absolute Gasteiger partial charge is 0.416 e. The van der Waals surface area contributed by atoms with Gasteiger partial charge in [0.2, 0.25) is 5.91 Å². The molecule has 0 radical (unpaired) electrons. The van der Waals surface area contributed by atoms with Gasteiger partial charge in [0.15, 0.2) is 17.6 Å². The number of aliphatic hydroxyl groups is 2. The molecule has 2 aromatic carbocycles. The van der Waals surface area contributed by atoms with E-state index in [0.717, 1.165) is 17.3 Å². The average Bonchev–Trinajstić information content (AvgIpc) is 3.14. The molecule has 1 amide bonds. The summed E-state index contributed by atoms with van der Waals surface area (Å²) in [6, 6.07) is 13.4. The number of allylic oxidation sites excluding steroid dienone is 1. The van der Waals surface area contributed by atoms with Gasteiger partial charge in [-0.25, -0.2) is 8.78 Å². The molecule has 1 saturated heterocycles. The molecule has 14 heteroatoms. The molecule has 0 bridgehead atoms. The number of ether oxygens (including phenoxy) is 1. The number of benzene rings is 2. The van der Waals surface area contributed by atoms with E-state index in [0.29, 0.717) is 4.90 Å². The van der Waals surface area contributed by atoms with Crippen molar-refractivity contribution in [3.8, 4) is 11.5 Å². The van der Waals surface area contributed by atoms with Crippen molar-refractivity contribution in [3.63, 3.8) is 0 Å². The Balaban J connectivity index is 1.62. The number of halogens is 3. The molecule has 4 atom stereocenters. The van der Waals surface area contributed by atoms with Crippen LogP contribution >= 0.6 is 18.3 Å². The number of carbonyl (C=O) groups is 2. The number of Topliss-reactive ketones (excluding diaryl/α,β-unsaturated/α-hetero) is 1. The summed E-state index contributed by atoms with van der Waals surface area (Å²) in [5, 5.41) is 21.0. The molecule has 2 heterocycles. The number of aliphatic hydroxyl groups excluding tert-OH is 2. The number of rotatable bonds is 9. The Kier molecular flexibility index (Phi) is 8.77. The highest BCUT2D eigenvalue weighted by molar-refractivity contribution is 8.07. The Labute approximate surface area is 233 Å². The summed E-state index contributed by atoms with van der Waals surface area (Å²) in [4.78, 5) is 24.8. The Bertz CT molecular complexity index is 1260. The van der Waals surface area contributed by atoms with Crippen molar-refractivity contribution in [1.29, 1.82) is 0 Å². The average molecular weight is 604 g/mol. The molecule has 2 aliphatic heterocycles. The predicted octanol–water partition coefficient (Wildman–Crippen LogP) is 3.97. The lowest BCUT2D eigenvalue weighted by atomic mass is 9.96. The number of nitrogens with zero attached hydrogens (tertiary/aromatic N) is 1. The molecule has 210 valence electrons. The molecule has 9 nitrogen and oxygen atoms in total. The monoisotopic (exact) mass is 603 g/mol. The number of aryl methyl sites for hydroxylation is 2. The first-order valence-corrected chi connectivity index (χ1v) is 14.6. The quantitative estimate of drug-likeness (QED) is 0.325. The van der Waals surface area contributed by atoms with Gasteiger partial charge in [-0.05, 0) is 38.1 Å². The van der Waals surface area contributed by atoms with Crippen LogP contribution in [-0.4, -0.2) is 63.9 Å². The van der Waals surface area contributed by atoms with Gasteiger partial charge in [0.25, 0.3) is 6.43 Å². The van der Waals surface area contributed by atoms with Crippen LogP contribution in [0.5, 0.6) is 11.5 Å². The minimum Gasteiger partial charge on any atom is -0.416 e. The van der Waals surface area contributed by atoms with Gasteiger partial charge < -0.3 is 24.0 Å². The minimum absolute atomic E-state index is 0.247. The zero-order valence-corrected chi connectivity index (χ0v) is 23.2. The van der Waals surface area contributed by atoms with Crippen molar-refractivity contribution in [2.75, 3.05) is 6.61 Å². The summed E-state index contributed by atoms with van der Waals surface area (Å²) >= 11 is 11.4.